The van der Waals surface area contributed by atoms with Gasteiger partial charge in [-0.25, -0.2) is 0 Å². The second-order valence-corrected chi connectivity index (χ2v) is 1.98. The van der Waals surface area contributed by atoms with E-state index < -0.39 is 0 Å². The van der Waals surface area contributed by atoms with Gasteiger partial charge >= 0.3 is 0 Å². The van der Waals surface area contributed by atoms with Crippen LogP contribution in [0.1, 0.15) is 6.92 Å². The first-order valence-corrected chi connectivity index (χ1v) is 3.54. The monoisotopic (exact) mass is 128 g/mol. The van der Waals surface area contributed by atoms with Crippen LogP contribution >= 0.6 is 11.8 Å². The van der Waals surface area contributed by atoms with Crippen LogP contribution in [0.3, 0.4) is 0 Å². The lowest BCUT2D eigenvalue weighted by Gasteiger charge is -1.86. The lowest BCUT2D eigenvalue weighted by Crippen LogP contribution is -1.89. The minimum atomic E-state index is -0.192. The molecule has 0 saturated carbocycles. The molecule has 0 heterocycles. The summed E-state index contributed by atoms with van der Waals surface area (Å²) in [5, 5.41) is 8.19. The van der Waals surface area contributed by atoms with Crippen molar-refractivity contribution in [3.8, 4) is 6.07 Å². The van der Waals surface area contributed by atoms with Gasteiger partial charge in [0.2, 0.25) is 0 Å². The molecule has 2 nitrogen and oxygen atoms in total. The summed E-state index contributed by atoms with van der Waals surface area (Å²) in [6.07, 6.45) is 1.91. The Morgan fingerprint density at radius 1 is 1.88 bits per heavy atom. The fourth-order valence-electron chi connectivity index (χ4n) is 0.185. The molecule has 1 unspecified atom stereocenters. The fraction of sp³-hybridized carbons (Fsp3) is 0.600. The maximum atomic E-state index is 8.19. The van der Waals surface area contributed by atoms with Crippen LogP contribution in [0.25, 0.3) is 0 Å². The number of thioether (sulfide) groups is 1. The molecule has 44 valence electrons. The molecule has 0 aromatic carbocycles. The third-order valence-corrected chi connectivity index (χ3v) is 0.909. The number of hydrogen-bond acceptors (Lipinski definition) is 3. The summed E-state index contributed by atoms with van der Waals surface area (Å²) in [7, 11) is 0. The highest BCUT2D eigenvalue weighted by molar-refractivity contribution is 8.11. The average Bonchev–Trinajstić information content (AvgIpc) is 1.83. The molecular weight excluding hydrogens is 120 g/mol. The van der Waals surface area contributed by atoms with Crippen LogP contribution in [-0.4, -0.2) is 17.8 Å². The summed E-state index contributed by atoms with van der Waals surface area (Å²) in [6.45, 7) is 1.76. The second kappa shape index (κ2) is 4.66. The van der Waals surface area contributed by atoms with Crippen molar-refractivity contribution in [3.63, 3.8) is 0 Å². The van der Waals surface area contributed by atoms with Gasteiger partial charge in [0, 0.05) is 0 Å². The Bertz CT molecular complexity index is 114. The van der Waals surface area contributed by atoms with Gasteiger partial charge in [-0.15, -0.1) is 11.8 Å². The van der Waals surface area contributed by atoms with E-state index in [0.29, 0.717) is 0 Å². The maximum absolute atomic E-state index is 8.19. The molecule has 0 aliphatic rings. The molecule has 3 heteroatoms. The lowest BCUT2D eigenvalue weighted by atomic mass is 10.4. The van der Waals surface area contributed by atoms with Crippen LogP contribution in [0, 0.1) is 11.3 Å². The molecule has 0 aliphatic heterocycles. The third kappa shape index (κ3) is 3.69. The highest BCUT2D eigenvalue weighted by atomic mass is 32.2. The molecule has 0 spiro atoms. The largest absolute Gasteiger partial charge is 0.268 e. The van der Waals surface area contributed by atoms with E-state index in [1.165, 1.54) is 11.8 Å². The number of rotatable bonds is 2. The molecule has 0 aromatic rings. The highest BCUT2D eigenvalue weighted by Crippen LogP contribution is 1.88. The Morgan fingerprint density at radius 2 is 2.50 bits per heavy atom. The first kappa shape index (κ1) is 7.51. The Morgan fingerprint density at radius 3 is 2.88 bits per heavy atom. The number of nitrogens with zero attached hydrogens (tertiary/aromatic N) is 2. The SMILES string of the molecule is CSC=NC(C)C#N. The van der Waals surface area contributed by atoms with E-state index >= 15 is 0 Å². The van der Waals surface area contributed by atoms with E-state index in [0.717, 1.165) is 0 Å². The Kier molecular flexibility index (Phi) is 4.38. The molecule has 8 heavy (non-hydrogen) atoms. The highest BCUT2D eigenvalue weighted by Gasteiger charge is 1.87. The van der Waals surface area contributed by atoms with Gasteiger partial charge in [-0.2, -0.15) is 5.26 Å². The van der Waals surface area contributed by atoms with Gasteiger partial charge in [0.15, 0.2) is 0 Å². The third-order valence-electron chi connectivity index (χ3n) is 0.577. The Labute approximate surface area is 53.6 Å². The van der Waals surface area contributed by atoms with Gasteiger partial charge in [-0.05, 0) is 13.2 Å². The summed E-state index contributed by atoms with van der Waals surface area (Å²) in [6, 6.07) is 1.80. The molecule has 0 aromatic heterocycles. The van der Waals surface area contributed by atoms with E-state index in [1.54, 1.807) is 12.5 Å². The molecule has 0 bridgehead atoms. The Balaban J connectivity index is 3.40. The van der Waals surface area contributed by atoms with Gasteiger partial charge in [0.1, 0.15) is 6.04 Å². The molecule has 0 aliphatic carbocycles. The summed E-state index contributed by atoms with van der Waals surface area (Å²) in [4.78, 5) is 3.84. The van der Waals surface area contributed by atoms with Gasteiger partial charge in [0.05, 0.1) is 11.6 Å². The number of nitriles is 1. The van der Waals surface area contributed by atoms with E-state index in [9.17, 15) is 0 Å². The van der Waals surface area contributed by atoms with Crippen LogP contribution in [-0.2, 0) is 0 Å². The van der Waals surface area contributed by atoms with E-state index in [4.69, 9.17) is 5.26 Å². The molecule has 0 saturated heterocycles. The zero-order chi connectivity index (χ0) is 6.41. The fourth-order valence-corrected chi connectivity index (χ4v) is 0.490. The quantitative estimate of drug-likeness (QED) is 0.415. The summed E-state index contributed by atoms with van der Waals surface area (Å²) in [5.41, 5.74) is 1.67. The molecule has 0 N–H and O–H groups in total. The molecule has 0 amide bonds. The smallest absolute Gasteiger partial charge is 0.134 e. The van der Waals surface area contributed by atoms with Crippen molar-refractivity contribution in [2.45, 2.75) is 13.0 Å². The topological polar surface area (TPSA) is 36.1 Å². The first-order chi connectivity index (χ1) is 3.81. The van der Waals surface area contributed by atoms with Crippen LogP contribution in [0.5, 0.6) is 0 Å². The van der Waals surface area contributed by atoms with Crippen LogP contribution < -0.4 is 0 Å². The molecule has 1 atom stereocenters. The minimum Gasteiger partial charge on any atom is -0.268 e. The summed E-state index contributed by atoms with van der Waals surface area (Å²) < 4.78 is 0. The molecule has 0 fully saturated rings. The normalized spacial score (nSPS) is 13.6. The van der Waals surface area contributed by atoms with Crippen molar-refractivity contribution in [2.75, 3.05) is 6.26 Å². The van der Waals surface area contributed by atoms with Gasteiger partial charge < -0.3 is 0 Å². The average molecular weight is 128 g/mol. The summed E-state index contributed by atoms with van der Waals surface area (Å²) >= 11 is 1.50. The van der Waals surface area contributed by atoms with Gasteiger partial charge in [0.25, 0.3) is 0 Å². The number of aliphatic imine (C=N–C) groups is 1. The van der Waals surface area contributed by atoms with Crippen molar-refractivity contribution < 1.29 is 0 Å². The zero-order valence-corrected chi connectivity index (χ0v) is 5.77. The zero-order valence-electron chi connectivity index (χ0n) is 4.96. The molecule has 0 radical (unpaired) electrons. The van der Waals surface area contributed by atoms with Gasteiger partial charge in [-0.1, -0.05) is 0 Å². The van der Waals surface area contributed by atoms with Crippen molar-refractivity contribution in [3.05, 3.63) is 0 Å². The van der Waals surface area contributed by atoms with E-state index in [-0.39, 0.29) is 6.04 Å². The minimum absolute atomic E-state index is 0.192. The maximum Gasteiger partial charge on any atom is 0.134 e. The van der Waals surface area contributed by atoms with Crippen molar-refractivity contribution in [1.29, 1.82) is 5.26 Å². The predicted octanol–water partition coefficient (Wildman–Crippen LogP) is 1.29. The van der Waals surface area contributed by atoms with Crippen LogP contribution in [0.15, 0.2) is 4.99 Å². The van der Waals surface area contributed by atoms with Crippen molar-refractivity contribution in [2.24, 2.45) is 4.99 Å². The summed E-state index contributed by atoms with van der Waals surface area (Å²) in [5.74, 6) is 0. The second-order valence-electron chi connectivity index (χ2n) is 1.30. The van der Waals surface area contributed by atoms with Crippen molar-refractivity contribution in [1.82, 2.24) is 0 Å². The standard InChI is InChI=1S/C5H8N2S/c1-5(3-6)7-4-8-2/h4-5H,1-2H3. The predicted molar refractivity (Wildman–Crippen MR) is 37.1 cm³/mol. The molecule has 0 rings (SSSR count). The molecular formula is C5H8N2S. The van der Waals surface area contributed by atoms with E-state index in [2.05, 4.69) is 4.99 Å². The van der Waals surface area contributed by atoms with E-state index in [1.807, 2.05) is 12.3 Å². The Hall–Kier alpha value is -0.490. The first-order valence-electron chi connectivity index (χ1n) is 2.25. The van der Waals surface area contributed by atoms with Crippen LogP contribution in [0.4, 0.5) is 0 Å². The lowest BCUT2D eigenvalue weighted by molar-refractivity contribution is 0.950. The number of hydrogen-bond donors (Lipinski definition) is 0. The van der Waals surface area contributed by atoms with Crippen molar-refractivity contribution >= 4 is 17.3 Å². The van der Waals surface area contributed by atoms with Crippen LogP contribution in [0.2, 0.25) is 0 Å². The van der Waals surface area contributed by atoms with Gasteiger partial charge in [-0.3, -0.25) is 4.99 Å².